The number of nitrogens with one attached hydrogen (secondary N) is 1. The molecule has 2 heterocycles. The van der Waals surface area contributed by atoms with Crippen molar-refractivity contribution in [2.45, 2.75) is 40.7 Å². The van der Waals surface area contributed by atoms with E-state index in [4.69, 9.17) is 0 Å². The van der Waals surface area contributed by atoms with Gasteiger partial charge in [-0.2, -0.15) is 0 Å². The van der Waals surface area contributed by atoms with Gasteiger partial charge in [0.2, 0.25) is 5.95 Å². The first-order valence-corrected chi connectivity index (χ1v) is 6.24. The fourth-order valence-electron chi connectivity index (χ4n) is 1.98. The molecule has 2 rings (SSSR count). The Kier molecular flexibility index (Phi) is 3.36. The third kappa shape index (κ3) is 2.53. The average Bonchev–Trinajstić information content (AvgIpc) is 2.58. The largest absolute Gasteiger partial charge is 0.353 e. The van der Waals surface area contributed by atoms with Gasteiger partial charge in [-0.1, -0.05) is 0 Å². The summed E-state index contributed by atoms with van der Waals surface area (Å²) in [7, 11) is 0. The molecule has 18 heavy (non-hydrogen) atoms. The fourth-order valence-corrected chi connectivity index (χ4v) is 1.98. The Morgan fingerprint density at radius 2 is 1.78 bits per heavy atom. The number of anilines is 1. The topological polar surface area (TPSA) is 42.7 Å². The van der Waals surface area contributed by atoms with Crippen LogP contribution in [0.4, 0.5) is 5.95 Å². The second kappa shape index (κ2) is 4.80. The monoisotopic (exact) mass is 244 g/mol. The minimum Gasteiger partial charge on any atom is -0.353 e. The highest BCUT2D eigenvalue weighted by Gasteiger charge is 2.11. The highest BCUT2D eigenvalue weighted by Crippen LogP contribution is 2.19. The molecule has 0 bridgehead atoms. The standard InChI is InChI=1S/C14H20N4/c1-9(2)15-14-17-11(4)8-18(14)13-7-6-10(3)16-12(13)5/h6-9H,1-5H3,(H,15,17). The Bertz CT molecular complexity index is 555. The predicted octanol–water partition coefficient (Wildman–Crippen LogP) is 3.01. The zero-order valence-electron chi connectivity index (χ0n) is 11.7. The smallest absolute Gasteiger partial charge is 0.208 e. The molecule has 0 fully saturated rings. The van der Waals surface area contributed by atoms with Gasteiger partial charge in [0.15, 0.2) is 0 Å². The maximum atomic E-state index is 4.51. The Morgan fingerprint density at radius 1 is 1.06 bits per heavy atom. The van der Waals surface area contributed by atoms with Crippen molar-refractivity contribution in [1.82, 2.24) is 14.5 Å². The Hall–Kier alpha value is -1.84. The van der Waals surface area contributed by atoms with Crippen LogP contribution in [0.25, 0.3) is 5.69 Å². The lowest BCUT2D eigenvalue weighted by atomic mass is 10.2. The van der Waals surface area contributed by atoms with Crippen molar-refractivity contribution in [3.63, 3.8) is 0 Å². The van der Waals surface area contributed by atoms with E-state index in [-0.39, 0.29) is 0 Å². The van der Waals surface area contributed by atoms with Gasteiger partial charge in [-0.25, -0.2) is 4.98 Å². The van der Waals surface area contributed by atoms with Gasteiger partial charge >= 0.3 is 0 Å². The molecular formula is C14H20N4. The number of nitrogens with zero attached hydrogens (tertiary/aromatic N) is 3. The van der Waals surface area contributed by atoms with E-state index in [2.05, 4.69) is 39.8 Å². The van der Waals surface area contributed by atoms with E-state index in [1.54, 1.807) is 0 Å². The van der Waals surface area contributed by atoms with Crippen molar-refractivity contribution in [1.29, 1.82) is 0 Å². The lowest BCUT2D eigenvalue weighted by molar-refractivity contribution is 0.860. The molecule has 0 radical (unpaired) electrons. The first-order valence-electron chi connectivity index (χ1n) is 6.24. The molecule has 0 aromatic carbocycles. The molecule has 96 valence electrons. The minimum absolute atomic E-state index is 0.351. The van der Waals surface area contributed by atoms with Crippen LogP contribution in [0.5, 0.6) is 0 Å². The lowest BCUT2D eigenvalue weighted by Crippen LogP contribution is -2.14. The van der Waals surface area contributed by atoms with Crippen LogP contribution in [0, 0.1) is 20.8 Å². The molecule has 2 aromatic heterocycles. The van der Waals surface area contributed by atoms with Crippen LogP contribution in [0.2, 0.25) is 0 Å². The van der Waals surface area contributed by atoms with E-state index >= 15 is 0 Å². The van der Waals surface area contributed by atoms with E-state index in [0.717, 1.165) is 28.7 Å². The molecule has 4 heteroatoms. The summed E-state index contributed by atoms with van der Waals surface area (Å²) in [5.41, 5.74) is 4.12. The Balaban J connectivity index is 2.49. The summed E-state index contributed by atoms with van der Waals surface area (Å²) in [6, 6.07) is 4.46. The van der Waals surface area contributed by atoms with E-state index < -0.39 is 0 Å². The summed E-state index contributed by atoms with van der Waals surface area (Å²) in [6.07, 6.45) is 2.03. The van der Waals surface area contributed by atoms with Crippen molar-refractivity contribution in [2.24, 2.45) is 0 Å². The number of pyridine rings is 1. The van der Waals surface area contributed by atoms with Gasteiger partial charge in [0.25, 0.3) is 0 Å². The number of hydrogen-bond acceptors (Lipinski definition) is 3. The van der Waals surface area contributed by atoms with E-state index in [9.17, 15) is 0 Å². The fraction of sp³-hybridized carbons (Fsp3) is 0.429. The van der Waals surface area contributed by atoms with Gasteiger partial charge in [-0.15, -0.1) is 0 Å². The zero-order chi connectivity index (χ0) is 13.3. The van der Waals surface area contributed by atoms with Crippen molar-refractivity contribution >= 4 is 5.95 Å². The van der Waals surface area contributed by atoms with E-state index in [1.165, 1.54) is 0 Å². The van der Waals surface area contributed by atoms with Crippen LogP contribution in [0.3, 0.4) is 0 Å². The molecule has 1 N–H and O–H groups in total. The van der Waals surface area contributed by atoms with Crippen molar-refractivity contribution < 1.29 is 0 Å². The maximum Gasteiger partial charge on any atom is 0.208 e. The summed E-state index contributed by atoms with van der Waals surface area (Å²) in [6.45, 7) is 10.2. The molecule has 0 saturated carbocycles. The van der Waals surface area contributed by atoms with Crippen molar-refractivity contribution in [3.8, 4) is 5.69 Å². The summed E-state index contributed by atoms with van der Waals surface area (Å²) >= 11 is 0. The zero-order valence-corrected chi connectivity index (χ0v) is 11.7. The second-order valence-electron chi connectivity index (χ2n) is 4.93. The summed E-state index contributed by atoms with van der Waals surface area (Å²) < 4.78 is 2.07. The molecule has 2 aromatic rings. The van der Waals surface area contributed by atoms with Gasteiger partial charge in [0.1, 0.15) is 0 Å². The molecule has 0 atom stereocenters. The molecule has 0 aliphatic rings. The van der Waals surface area contributed by atoms with Gasteiger partial charge in [0.05, 0.1) is 17.1 Å². The van der Waals surface area contributed by atoms with E-state index in [0.29, 0.717) is 6.04 Å². The highest BCUT2D eigenvalue weighted by molar-refractivity contribution is 5.46. The van der Waals surface area contributed by atoms with Crippen LogP contribution < -0.4 is 5.32 Å². The quantitative estimate of drug-likeness (QED) is 0.902. The molecule has 0 unspecified atom stereocenters. The summed E-state index contributed by atoms with van der Waals surface area (Å²) in [5.74, 6) is 0.872. The Morgan fingerprint density at radius 3 is 2.39 bits per heavy atom. The van der Waals surface area contributed by atoms with Crippen molar-refractivity contribution in [3.05, 3.63) is 35.4 Å². The van der Waals surface area contributed by atoms with Gasteiger partial charge < -0.3 is 5.32 Å². The minimum atomic E-state index is 0.351. The van der Waals surface area contributed by atoms with Crippen LogP contribution in [-0.2, 0) is 0 Å². The molecule has 0 aliphatic heterocycles. The van der Waals surface area contributed by atoms with Gasteiger partial charge in [0, 0.05) is 17.9 Å². The highest BCUT2D eigenvalue weighted by atomic mass is 15.2. The maximum absolute atomic E-state index is 4.51. The molecule has 4 nitrogen and oxygen atoms in total. The number of aryl methyl sites for hydroxylation is 3. The average molecular weight is 244 g/mol. The van der Waals surface area contributed by atoms with E-state index in [1.807, 2.05) is 33.0 Å². The summed E-state index contributed by atoms with van der Waals surface area (Å²) in [4.78, 5) is 9.02. The van der Waals surface area contributed by atoms with Crippen LogP contribution in [0.1, 0.15) is 30.9 Å². The first kappa shape index (κ1) is 12.6. The van der Waals surface area contributed by atoms with Crippen LogP contribution >= 0.6 is 0 Å². The molecule has 0 spiro atoms. The third-order valence-electron chi connectivity index (χ3n) is 2.70. The number of imidazole rings is 1. The second-order valence-corrected chi connectivity index (χ2v) is 4.93. The third-order valence-corrected chi connectivity index (χ3v) is 2.70. The number of hydrogen-bond donors (Lipinski definition) is 1. The van der Waals surface area contributed by atoms with Crippen LogP contribution in [-0.4, -0.2) is 20.6 Å². The summed E-state index contributed by atoms with van der Waals surface area (Å²) in [5, 5.41) is 3.36. The lowest BCUT2D eigenvalue weighted by Gasteiger charge is -2.13. The predicted molar refractivity (Wildman–Crippen MR) is 74.3 cm³/mol. The molecular weight excluding hydrogens is 224 g/mol. The first-order chi connectivity index (χ1) is 8.47. The molecule has 0 saturated heterocycles. The van der Waals surface area contributed by atoms with Gasteiger partial charge in [-0.05, 0) is 46.8 Å². The molecule has 0 aliphatic carbocycles. The molecule has 0 amide bonds. The van der Waals surface area contributed by atoms with Crippen molar-refractivity contribution in [2.75, 3.05) is 5.32 Å². The number of rotatable bonds is 3. The number of aromatic nitrogens is 3. The van der Waals surface area contributed by atoms with Crippen LogP contribution in [0.15, 0.2) is 18.3 Å². The van der Waals surface area contributed by atoms with Gasteiger partial charge in [-0.3, -0.25) is 9.55 Å². The SMILES string of the molecule is Cc1ccc(-n2cc(C)nc2NC(C)C)c(C)n1. The Labute approximate surface area is 108 Å². The normalized spacial score (nSPS) is 11.0.